The summed E-state index contributed by atoms with van der Waals surface area (Å²) < 4.78 is 14.8. The van der Waals surface area contributed by atoms with Gasteiger partial charge in [0.05, 0.1) is 5.33 Å². The molecule has 0 saturated carbocycles. The third-order valence-corrected chi connectivity index (χ3v) is 16.1. The Balaban J connectivity index is 0.000000161. The molecule has 11 rings (SSSR count). The van der Waals surface area contributed by atoms with E-state index in [9.17, 15) is 24.0 Å². The van der Waals surface area contributed by atoms with Crippen LogP contribution in [0, 0.1) is 0 Å². The summed E-state index contributed by atoms with van der Waals surface area (Å²) in [7, 11) is 0. The summed E-state index contributed by atoms with van der Waals surface area (Å²) in [5.41, 5.74) is 9.96. The van der Waals surface area contributed by atoms with Crippen molar-refractivity contribution in [2.45, 2.75) is 21.3 Å². The standard InChI is InChI=1S/C14H11BrO3.C13H9BrN2O.C12H8Br2O.C12H9BrO2.C12H9BrO.CH4/c1-9(16)18-8-14(17)12-6-2-5-11-10(12)4-3-7-13(11)15;14-11-6-2-3-8-9(11)4-1-5-10(8)12-7-17-13(15)16-12;13-7-12(15)10-5-1-4-9-8(10)3-2-6-11(9)14;13-11-6-2-3-8-9(11)4-1-5-10(8)12(15)7-14;1-8(14)9-4-2-6-11-10(9)5-3-7-12(11)13;/h2-7H,8H2,1H3;1-7H,(H2,15,16);1-6H,7H2;1-6,14H,7H2;2-7H,1H3;1H4. The minimum absolute atomic E-state index is 0. The second kappa shape index (κ2) is 29.8. The number of rotatable bonds is 9. The Hall–Kier alpha value is -6.50. The van der Waals surface area contributed by atoms with Crippen molar-refractivity contribution in [1.29, 1.82) is 0 Å². The zero-order chi connectivity index (χ0) is 56.8. The zero-order valence-corrected chi connectivity index (χ0v) is 51.6. The van der Waals surface area contributed by atoms with E-state index < -0.39 is 12.6 Å². The molecule has 80 heavy (non-hydrogen) atoms. The Bertz CT molecular complexity index is 3970. The fourth-order valence-electron chi connectivity index (χ4n) is 8.43. The Morgan fingerprint density at radius 2 is 0.787 bits per heavy atom. The zero-order valence-electron chi connectivity index (χ0n) is 42.1. The van der Waals surface area contributed by atoms with Gasteiger partial charge in [0.2, 0.25) is 5.78 Å². The monoisotopic (exact) mass is 1450 g/mol. The predicted octanol–water partition coefficient (Wildman–Crippen LogP) is 18.6. The van der Waals surface area contributed by atoms with Crippen LogP contribution >= 0.6 is 95.6 Å². The van der Waals surface area contributed by atoms with Crippen molar-refractivity contribution in [3.8, 4) is 11.3 Å². The van der Waals surface area contributed by atoms with Crippen LogP contribution in [0.1, 0.15) is 62.7 Å². The quantitative estimate of drug-likeness (QED) is 0.0806. The molecule has 0 spiro atoms. The molecule has 0 fully saturated rings. The molecule has 0 aliphatic heterocycles. The highest BCUT2D eigenvalue weighted by Gasteiger charge is 2.14. The van der Waals surface area contributed by atoms with Crippen LogP contribution in [-0.4, -0.2) is 57.7 Å². The average Bonchev–Trinajstić information content (AvgIpc) is 3.91. The van der Waals surface area contributed by atoms with Crippen molar-refractivity contribution >= 4 is 185 Å². The van der Waals surface area contributed by atoms with Gasteiger partial charge in [-0.25, -0.2) is 0 Å². The van der Waals surface area contributed by atoms with E-state index in [-0.39, 0.29) is 43.2 Å². The molecule has 1 heterocycles. The van der Waals surface area contributed by atoms with Gasteiger partial charge in [0.1, 0.15) is 18.6 Å². The van der Waals surface area contributed by atoms with Crippen LogP contribution < -0.4 is 5.73 Å². The Labute approximate surface area is 512 Å². The topological polar surface area (TPSA) is 167 Å². The smallest absolute Gasteiger partial charge is 0.303 e. The molecule has 0 aliphatic carbocycles. The van der Waals surface area contributed by atoms with E-state index in [1.54, 1.807) is 25.3 Å². The average molecular weight is 1450 g/mol. The molecule has 406 valence electrons. The normalized spacial score (nSPS) is 10.4. The number of ether oxygens (including phenoxy) is 1. The maximum Gasteiger partial charge on any atom is 0.303 e. The predicted molar refractivity (Wildman–Crippen MR) is 345 cm³/mol. The number of fused-ring (bicyclic) bond motifs is 5. The van der Waals surface area contributed by atoms with Gasteiger partial charge >= 0.3 is 5.97 Å². The molecule has 1 aromatic heterocycles. The van der Waals surface area contributed by atoms with Gasteiger partial charge in [0.15, 0.2) is 24.0 Å². The van der Waals surface area contributed by atoms with Gasteiger partial charge in [-0.1, -0.05) is 255 Å². The van der Waals surface area contributed by atoms with E-state index in [2.05, 4.69) is 113 Å². The molecule has 10 aromatic carbocycles. The first-order chi connectivity index (χ1) is 38.0. The summed E-state index contributed by atoms with van der Waals surface area (Å²) in [6, 6.07) is 57.9. The summed E-state index contributed by atoms with van der Waals surface area (Å²) >= 11 is 20.6. The fourth-order valence-corrected chi connectivity index (χ4v) is 11.2. The maximum absolute atomic E-state index is 12.0. The number of ketones is 4. The lowest BCUT2D eigenvalue weighted by Crippen LogP contribution is -2.12. The molecular formula is C64H50Br6N2O8. The number of oxazole rings is 1. The number of carbonyl (C=O) groups excluding carboxylic acids is 5. The van der Waals surface area contributed by atoms with E-state index in [1.165, 1.54) is 6.92 Å². The Morgan fingerprint density at radius 1 is 0.463 bits per heavy atom. The lowest BCUT2D eigenvalue weighted by Gasteiger charge is -2.07. The summed E-state index contributed by atoms with van der Waals surface area (Å²) in [5, 5.41) is 19.3. The van der Waals surface area contributed by atoms with Crippen molar-refractivity contribution in [3.63, 3.8) is 0 Å². The third-order valence-electron chi connectivity index (χ3n) is 12.1. The summed E-state index contributed by atoms with van der Waals surface area (Å²) in [4.78, 5) is 61.4. The molecule has 11 aromatic rings. The number of aromatic nitrogens is 1. The van der Waals surface area contributed by atoms with E-state index in [0.717, 1.165) is 98.6 Å². The van der Waals surface area contributed by atoms with Gasteiger partial charge in [0, 0.05) is 57.1 Å². The lowest BCUT2D eigenvalue weighted by atomic mass is 10.0. The van der Waals surface area contributed by atoms with Crippen LogP contribution in [0.2, 0.25) is 0 Å². The number of aliphatic hydroxyl groups excluding tert-OH is 1. The molecule has 3 N–H and O–H groups in total. The highest BCUT2D eigenvalue weighted by Crippen LogP contribution is 2.33. The van der Waals surface area contributed by atoms with Crippen molar-refractivity contribution in [2.24, 2.45) is 0 Å². The second-order valence-electron chi connectivity index (χ2n) is 17.2. The van der Waals surface area contributed by atoms with E-state index in [0.29, 0.717) is 16.5 Å². The third kappa shape index (κ3) is 15.5. The molecular weight excluding hydrogens is 1400 g/mol. The highest BCUT2D eigenvalue weighted by molar-refractivity contribution is 9.11. The number of Topliss-reactive ketones (excluding diaryl/α,β-unsaturated/α-hetero) is 4. The van der Waals surface area contributed by atoms with Crippen LogP contribution in [0.3, 0.4) is 0 Å². The number of alkyl halides is 1. The molecule has 0 aliphatic rings. The van der Waals surface area contributed by atoms with Gasteiger partial charge in [-0.2, -0.15) is 4.98 Å². The second-order valence-corrected chi connectivity index (χ2v) is 22.0. The fraction of sp³-hybridized carbons (Fsp3) is 0.0938. The van der Waals surface area contributed by atoms with Crippen molar-refractivity contribution in [3.05, 3.63) is 233 Å². The van der Waals surface area contributed by atoms with Crippen molar-refractivity contribution in [1.82, 2.24) is 4.98 Å². The van der Waals surface area contributed by atoms with Crippen LogP contribution in [0.15, 0.2) is 215 Å². The largest absolute Gasteiger partial charge is 0.457 e. The summed E-state index contributed by atoms with van der Waals surface area (Å²) in [6.07, 6.45) is 1.57. The number of anilines is 1. The Morgan fingerprint density at radius 3 is 1.15 bits per heavy atom. The van der Waals surface area contributed by atoms with Crippen molar-refractivity contribution in [2.75, 3.05) is 24.3 Å². The number of hydrogen-bond acceptors (Lipinski definition) is 10. The summed E-state index contributed by atoms with van der Waals surface area (Å²) in [6.45, 7) is 2.20. The minimum atomic E-state index is -0.454. The SMILES string of the molecule is C.CC(=O)OCC(=O)c1cccc2c(Br)cccc12.CC(=O)c1cccc2c(Br)cccc12.Nc1nc(-c2cccc3c(Br)cccc23)co1.O=C(CBr)c1cccc2c(Br)cccc12.O=C(CO)c1cccc2c(Br)cccc12. The van der Waals surface area contributed by atoms with E-state index >= 15 is 0 Å². The number of nitrogens with zero attached hydrogens (tertiary/aromatic N) is 1. The molecule has 16 heteroatoms. The van der Waals surface area contributed by atoms with Crippen LogP contribution in [-0.2, 0) is 9.53 Å². The first-order valence-electron chi connectivity index (χ1n) is 24.0. The van der Waals surface area contributed by atoms with Crippen LogP contribution in [0.5, 0.6) is 0 Å². The van der Waals surface area contributed by atoms with Gasteiger partial charge < -0.3 is 20.0 Å². The molecule has 10 nitrogen and oxygen atoms in total. The number of halogens is 6. The number of carbonyl (C=O) groups is 5. The molecule has 0 unspecified atom stereocenters. The highest BCUT2D eigenvalue weighted by atomic mass is 79.9. The van der Waals surface area contributed by atoms with Gasteiger partial charge in [-0.05, 0) is 91.1 Å². The molecule has 0 saturated heterocycles. The first kappa shape index (κ1) is 62.7. The van der Waals surface area contributed by atoms with E-state index in [1.807, 2.05) is 158 Å². The lowest BCUT2D eigenvalue weighted by molar-refractivity contribution is -0.139. The van der Waals surface area contributed by atoms with Crippen LogP contribution in [0.25, 0.3) is 65.1 Å². The molecule has 0 atom stereocenters. The number of hydrogen-bond donors (Lipinski definition) is 2. The van der Waals surface area contributed by atoms with E-state index in [4.69, 9.17) is 20.0 Å². The van der Waals surface area contributed by atoms with Gasteiger partial charge in [-0.15, -0.1) is 0 Å². The van der Waals surface area contributed by atoms with Gasteiger partial charge in [0.25, 0.3) is 6.01 Å². The Kier molecular flexibility index (Phi) is 23.4. The maximum atomic E-state index is 12.0. The number of aliphatic hydroxyl groups is 1. The van der Waals surface area contributed by atoms with Crippen LogP contribution in [0.4, 0.5) is 6.01 Å². The number of esters is 1. The first-order valence-corrected chi connectivity index (χ1v) is 29.1. The molecule has 0 radical (unpaired) electrons. The van der Waals surface area contributed by atoms with Crippen molar-refractivity contribution < 1.29 is 38.2 Å². The number of nitrogens with two attached hydrogens (primary N) is 1. The summed E-state index contributed by atoms with van der Waals surface area (Å²) in [5.74, 6) is -0.690. The molecule has 0 amide bonds. The number of nitrogen functional groups attached to an aromatic ring is 1. The van der Waals surface area contributed by atoms with Gasteiger partial charge in [-0.3, -0.25) is 24.0 Å². The minimum Gasteiger partial charge on any atom is -0.457 e. The number of benzene rings is 10. The molecule has 0 bridgehead atoms.